The number of carbonyl (C=O) groups is 1. The molecule has 0 radical (unpaired) electrons. The topological polar surface area (TPSA) is 67.2 Å². The molecule has 0 aliphatic carbocycles. The summed E-state index contributed by atoms with van der Waals surface area (Å²) in [5.74, 6) is -0.225. The van der Waals surface area contributed by atoms with Gasteiger partial charge < -0.3 is 10.2 Å². The maximum atomic E-state index is 12.2. The lowest BCUT2D eigenvalue weighted by molar-refractivity contribution is -0.122. The summed E-state index contributed by atoms with van der Waals surface area (Å²) in [6.45, 7) is 5.79. The zero-order valence-electron chi connectivity index (χ0n) is 14.7. The minimum atomic E-state index is -0.248. The summed E-state index contributed by atoms with van der Waals surface area (Å²) >= 11 is 0. The summed E-state index contributed by atoms with van der Waals surface area (Å²) in [6, 6.07) is 9.47. The number of aryl methyl sites for hydroxylation is 1. The minimum absolute atomic E-state index is 0.0741. The number of amides is 1. The van der Waals surface area contributed by atoms with Crippen molar-refractivity contribution in [2.24, 2.45) is 0 Å². The molecule has 1 aliphatic heterocycles. The number of carbonyl (C=O) groups excluding carboxylic acids is 1. The molecule has 132 valence electrons. The van der Waals surface area contributed by atoms with Gasteiger partial charge in [-0.2, -0.15) is 5.10 Å². The Morgan fingerprint density at radius 1 is 1.24 bits per heavy atom. The molecule has 0 spiro atoms. The highest BCUT2D eigenvalue weighted by Gasteiger charge is 2.15. The number of nitrogens with one attached hydrogen (secondary N) is 1. The number of nitrogens with zero attached hydrogens (tertiary/aromatic N) is 3. The highest BCUT2D eigenvalue weighted by molar-refractivity contribution is 5.76. The van der Waals surface area contributed by atoms with E-state index in [9.17, 15) is 9.59 Å². The van der Waals surface area contributed by atoms with E-state index in [-0.39, 0.29) is 24.1 Å². The quantitative estimate of drug-likeness (QED) is 0.904. The minimum Gasteiger partial charge on any atom is -0.370 e. The second-order valence-corrected chi connectivity index (χ2v) is 6.60. The van der Waals surface area contributed by atoms with Crippen LogP contribution in [0.5, 0.6) is 0 Å². The average molecular weight is 340 g/mol. The van der Waals surface area contributed by atoms with Crippen molar-refractivity contribution in [3.8, 4) is 0 Å². The first kappa shape index (κ1) is 17.2. The molecule has 0 unspecified atom stereocenters. The van der Waals surface area contributed by atoms with E-state index in [1.54, 1.807) is 12.3 Å². The summed E-state index contributed by atoms with van der Waals surface area (Å²) in [7, 11) is 0. The van der Waals surface area contributed by atoms with Crippen molar-refractivity contribution < 1.29 is 4.79 Å². The van der Waals surface area contributed by atoms with Gasteiger partial charge in [0, 0.05) is 19.2 Å². The van der Waals surface area contributed by atoms with Crippen LogP contribution in [0.2, 0.25) is 0 Å². The van der Waals surface area contributed by atoms with E-state index in [1.165, 1.54) is 10.2 Å². The van der Waals surface area contributed by atoms with E-state index >= 15 is 0 Å². The Bertz CT molecular complexity index is 792. The first-order chi connectivity index (χ1) is 12.0. The van der Waals surface area contributed by atoms with E-state index in [0.717, 1.165) is 37.2 Å². The van der Waals surface area contributed by atoms with Crippen LogP contribution in [-0.4, -0.2) is 28.8 Å². The Balaban J connectivity index is 1.62. The average Bonchev–Trinajstić information content (AvgIpc) is 3.11. The number of aromatic nitrogens is 2. The van der Waals surface area contributed by atoms with E-state index in [2.05, 4.69) is 15.3 Å². The molecule has 1 saturated heterocycles. The summed E-state index contributed by atoms with van der Waals surface area (Å²) in [5, 5.41) is 7.07. The molecule has 3 rings (SSSR count). The maximum absolute atomic E-state index is 12.2. The normalized spacial score (nSPS) is 15.2. The zero-order chi connectivity index (χ0) is 17.8. The first-order valence-electron chi connectivity index (χ1n) is 8.71. The Kier molecular flexibility index (Phi) is 5.16. The summed E-state index contributed by atoms with van der Waals surface area (Å²) in [5.41, 5.74) is 2.80. The van der Waals surface area contributed by atoms with Gasteiger partial charge in [-0.15, -0.1) is 0 Å². The van der Waals surface area contributed by atoms with Gasteiger partial charge in [-0.25, -0.2) is 4.68 Å². The highest BCUT2D eigenvalue weighted by atomic mass is 16.2. The summed E-state index contributed by atoms with van der Waals surface area (Å²) < 4.78 is 1.21. The largest absolute Gasteiger partial charge is 0.370 e. The molecule has 6 nitrogen and oxygen atoms in total. The molecular formula is C19H24N4O2. The fourth-order valence-corrected chi connectivity index (χ4v) is 3.05. The van der Waals surface area contributed by atoms with Crippen molar-refractivity contribution in [2.75, 3.05) is 18.0 Å². The lowest BCUT2D eigenvalue weighted by Crippen LogP contribution is -2.35. The number of anilines is 1. The van der Waals surface area contributed by atoms with Crippen molar-refractivity contribution in [1.82, 2.24) is 15.1 Å². The third-order valence-corrected chi connectivity index (χ3v) is 4.57. The van der Waals surface area contributed by atoms with Gasteiger partial charge in [0.25, 0.3) is 5.56 Å². The molecule has 1 aromatic heterocycles. The van der Waals surface area contributed by atoms with Crippen molar-refractivity contribution in [2.45, 2.75) is 39.3 Å². The fourth-order valence-electron chi connectivity index (χ4n) is 3.05. The Morgan fingerprint density at radius 2 is 1.92 bits per heavy atom. The van der Waals surface area contributed by atoms with Crippen LogP contribution in [0.25, 0.3) is 0 Å². The molecule has 1 N–H and O–H groups in total. The molecule has 0 bridgehead atoms. The zero-order valence-corrected chi connectivity index (χ0v) is 14.7. The van der Waals surface area contributed by atoms with E-state index in [0.29, 0.717) is 0 Å². The van der Waals surface area contributed by atoms with Crippen LogP contribution in [0, 0.1) is 6.92 Å². The van der Waals surface area contributed by atoms with Crippen LogP contribution in [0.15, 0.2) is 41.3 Å². The van der Waals surface area contributed by atoms with Crippen LogP contribution >= 0.6 is 0 Å². The first-order valence-corrected chi connectivity index (χ1v) is 8.71. The second-order valence-electron chi connectivity index (χ2n) is 6.60. The predicted octanol–water partition coefficient (Wildman–Crippen LogP) is 2.03. The van der Waals surface area contributed by atoms with Gasteiger partial charge in [0.05, 0.1) is 17.9 Å². The molecule has 1 atom stereocenters. The maximum Gasteiger partial charge on any atom is 0.269 e. The Labute approximate surface area is 147 Å². The smallest absolute Gasteiger partial charge is 0.269 e. The lowest BCUT2D eigenvalue weighted by atomic mass is 10.1. The molecule has 1 fully saturated rings. The molecule has 2 heterocycles. The lowest BCUT2D eigenvalue weighted by Gasteiger charge is -2.17. The molecule has 25 heavy (non-hydrogen) atoms. The Hall–Kier alpha value is -2.63. The monoisotopic (exact) mass is 340 g/mol. The standard InChI is InChI=1S/C19H24N4O2/c1-14-5-7-16(8-6-14)15(2)21-18(24)13-23-19(25)11-17(12-20-23)22-9-3-4-10-22/h5-8,11-12,15H,3-4,9-10,13H2,1-2H3,(H,21,24)/t15-/m1/s1. The summed E-state index contributed by atoms with van der Waals surface area (Å²) in [6.07, 6.45) is 3.95. The summed E-state index contributed by atoms with van der Waals surface area (Å²) in [4.78, 5) is 26.6. The van der Waals surface area contributed by atoms with Crippen molar-refractivity contribution in [1.29, 1.82) is 0 Å². The molecule has 0 saturated carbocycles. The van der Waals surface area contributed by atoms with Crippen molar-refractivity contribution >= 4 is 11.6 Å². The predicted molar refractivity (Wildman–Crippen MR) is 97.7 cm³/mol. The van der Waals surface area contributed by atoms with Gasteiger partial charge in [0.2, 0.25) is 5.91 Å². The second kappa shape index (κ2) is 7.51. The molecule has 2 aromatic rings. The molecule has 1 amide bonds. The van der Waals surface area contributed by atoms with Crippen molar-refractivity contribution in [3.05, 3.63) is 58.0 Å². The highest BCUT2D eigenvalue weighted by Crippen LogP contribution is 2.17. The van der Waals surface area contributed by atoms with Gasteiger partial charge in [-0.1, -0.05) is 29.8 Å². The van der Waals surface area contributed by atoms with Gasteiger partial charge in [0.1, 0.15) is 6.54 Å². The van der Waals surface area contributed by atoms with E-state index in [4.69, 9.17) is 0 Å². The van der Waals surface area contributed by atoms with Crippen LogP contribution in [0.4, 0.5) is 5.69 Å². The molecule has 1 aliphatic rings. The fraction of sp³-hybridized carbons (Fsp3) is 0.421. The number of benzene rings is 1. The van der Waals surface area contributed by atoms with Gasteiger partial charge in [-0.05, 0) is 32.3 Å². The Morgan fingerprint density at radius 3 is 2.56 bits per heavy atom. The van der Waals surface area contributed by atoms with Gasteiger partial charge >= 0.3 is 0 Å². The molecular weight excluding hydrogens is 316 g/mol. The number of rotatable bonds is 5. The van der Waals surface area contributed by atoms with E-state index < -0.39 is 0 Å². The van der Waals surface area contributed by atoms with Crippen LogP contribution in [0.1, 0.15) is 36.9 Å². The SMILES string of the molecule is Cc1ccc([C@@H](C)NC(=O)Cn2ncc(N3CCCC3)cc2=O)cc1. The number of hydrogen-bond donors (Lipinski definition) is 1. The van der Waals surface area contributed by atoms with Crippen LogP contribution < -0.4 is 15.8 Å². The molecule has 6 heteroatoms. The number of hydrogen-bond acceptors (Lipinski definition) is 4. The third-order valence-electron chi connectivity index (χ3n) is 4.57. The van der Waals surface area contributed by atoms with Crippen molar-refractivity contribution in [3.63, 3.8) is 0 Å². The van der Waals surface area contributed by atoms with Gasteiger partial charge in [-0.3, -0.25) is 9.59 Å². The van der Waals surface area contributed by atoms with Crippen LogP contribution in [0.3, 0.4) is 0 Å². The third kappa shape index (κ3) is 4.26. The van der Waals surface area contributed by atoms with E-state index in [1.807, 2.05) is 38.1 Å². The van der Waals surface area contributed by atoms with Crippen LogP contribution in [-0.2, 0) is 11.3 Å². The van der Waals surface area contributed by atoms with Gasteiger partial charge in [0.15, 0.2) is 0 Å². The molecule has 1 aromatic carbocycles.